The number of hydrogen-bond donors (Lipinski definition) is 1. The Kier molecular flexibility index (Phi) is 3.08. The largest absolute Gasteiger partial charge is 0.330 e. The predicted octanol–water partition coefficient (Wildman–Crippen LogP) is 1.76. The van der Waals surface area contributed by atoms with Gasteiger partial charge in [-0.25, -0.2) is 4.98 Å². The van der Waals surface area contributed by atoms with E-state index in [1.807, 2.05) is 0 Å². The molecule has 19 heavy (non-hydrogen) atoms. The van der Waals surface area contributed by atoms with Gasteiger partial charge in [-0.15, -0.1) is 0 Å². The van der Waals surface area contributed by atoms with E-state index in [1.165, 1.54) is 57.4 Å². The topological polar surface area (TPSA) is 33.1 Å². The number of nitrogens with zero attached hydrogens (tertiary/aromatic N) is 3. The lowest BCUT2D eigenvalue weighted by Gasteiger charge is -2.26. The van der Waals surface area contributed by atoms with Gasteiger partial charge in [-0.1, -0.05) is 0 Å². The molecular weight excluding hydrogens is 236 g/mol. The molecule has 2 atom stereocenters. The van der Waals surface area contributed by atoms with Crippen molar-refractivity contribution < 1.29 is 0 Å². The van der Waals surface area contributed by atoms with Crippen LogP contribution in [0.5, 0.6) is 0 Å². The summed E-state index contributed by atoms with van der Waals surface area (Å²) >= 11 is 0. The lowest BCUT2D eigenvalue weighted by Crippen LogP contribution is -2.30. The molecule has 1 N–H and O–H groups in total. The maximum absolute atomic E-state index is 4.44. The second-order valence-electron chi connectivity index (χ2n) is 6.44. The molecule has 4 rings (SSSR count). The number of aromatic nitrogens is 2. The summed E-state index contributed by atoms with van der Waals surface area (Å²) in [5, 5.41) is 3.53. The van der Waals surface area contributed by atoms with Crippen molar-refractivity contribution in [2.45, 2.75) is 50.1 Å². The molecule has 104 valence electrons. The van der Waals surface area contributed by atoms with E-state index in [1.54, 1.807) is 0 Å². The van der Waals surface area contributed by atoms with E-state index in [9.17, 15) is 0 Å². The predicted molar refractivity (Wildman–Crippen MR) is 75.3 cm³/mol. The van der Waals surface area contributed by atoms with Crippen molar-refractivity contribution in [3.8, 4) is 0 Å². The molecule has 1 aromatic rings. The van der Waals surface area contributed by atoms with E-state index in [0.717, 1.165) is 12.6 Å². The van der Waals surface area contributed by atoms with Crippen molar-refractivity contribution in [1.82, 2.24) is 19.8 Å². The van der Waals surface area contributed by atoms with Gasteiger partial charge in [0.15, 0.2) is 0 Å². The van der Waals surface area contributed by atoms with Crippen LogP contribution in [0.1, 0.15) is 49.8 Å². The van der Waals surface area contributed by atoms with Crippen molar-refractivity contribution in [2.75, 3.05) is 26.2 Å². The first-order chi connectivity index (χ1) is 9.42. The fraction of sp³-hybridized carbons (Fsp3) is 0.800. The average molecular weight is 260 g/mol. The molecule has 1 aliphatic carbocycles. The zero-order valence-electron chi connectivity index (χ0n) is 11.6. The van der Waals surface area contributed by atoms with Gasteiger partial charge in [0.1, 0.15) is 0 Å². The number of imidazole rings is 1. The zero-order chi connectivity index (χ0) is 12.7. The molecule has 0 amide bonds. The molecule has 4 heteroatoms. The van der Waals surface area contributed by atoms with Gasteiger partial charge in [-0.2, -0.15) is 0 Å². The maximum Gasteiger partial charge on any atom is 0.0951 e. The Labute approximate surface area is 115 Å². The van der Waals surface area contributed by atoms with Crippen LogP contribution in [0.3, 0.4) is 0 Å². The van der Waals surface area contributed by atoms with Gasteiger partial charge in [0, 0.05) is 49.5 Å². The maximum atomic E-state index is 4.44. The molecular formula is C15H24N4. The lowest BCUT2D eigenvalue weighted by atomic mass is 9.96. The lowest BCUT2D eigenvalue weighted by molar-refractivity contribution is 0.311. The second kappa shape index (κ2) is 4.91. The van der Waals surface area contributed by atoms with Gasteiger partial charge in [0.2, 0.25) is 0 Å². The normalized spacial score (nSPS) is 32.8. The monoisotopic (exact) mass is 260 g/mol. The summed E-state index contributed by atoms with van der Waals surface area (Å²) in [5.41, 5.74) is 1.47. The standard InChI is InChI=1S/C15H24N4/c1-2-12(8-16-6-1)15-9-17-11-19(15)14-5-7-18(10-14)13-3-4-13/h9,11-14,16H,1-8,10H2. The van der Waals surface area contributed by atoms with Crippen LogP contribution in [-0.4, -0.2) is 46.7 Å². The van der Waals surface area contributed by atoms with E-state index in [-0.39, 0.29) is 0 Å². The van der Waals surface area contributed by atoms with Crippen LogP contribution in [0.25, 0.3) is 0 Å². The SMILES string of the molecule is c1ncn(C2CCN(C3CC3)C2)c1C1CCCNC1. The summed E-state index contributed by atoms with van der Waals surface area (Å²) in [6, 6.07) is 1.58. The zero-order valence-corrected chi connectivity index (χ0v) is 11.6. The fourth-order valence-electron chi connectivity index (χ4n) is 3.81. The Hall–Kier alpha value is -0.870. The Morgan fingerprint density at radius 3 is 2.89 bits per heavy atom. The summed E-state index contributed by atoms with van der Waals surface area (Å²) in [7, 11) is 0. The molecule has 2 saturated heterocycles. The summed E-state index contributed by atoms with van der Waals surface area (Å²) < 4.78 is 2.49. The highest BCUT2D eigenvalue weighted by molar-refractivity contribution is 5.11. The molecule has 2 unspecified atom stereocenters. The first-order valence-electron chi connectivity index (χ1n) is 7.88. The van der Waals surface area contributed by atoms with Crippen molar-refractivity contribution in [3.63, 3.8) is 0 Å². The molecule has 3 heterocycles. The first kappa shape index (κ1) is 11.9. The summed E-state index contributed by atoms with van der Waals surface area (Å²) in [5.74, 6) is 0.672. The van der Waals surface area contributed by atoms with Crippen LogP contribution in [0, 0.1) is 0 Å². The summed E-state index contributed by atoms with van der Waals surface area (Å²) in [4.78, 5) is 7.13. The van der Waals surface area contributed by atoms with Gasteiger partial charge >= 0.3 is 0 Å². The van der Waals surface area contributed by atoms with E-state index in [2.05, 4.69) is 32.3 Å². The van der Waals surface area contributed by atoms with Crippen LogP contribution in [0.4, 0.5) is 0 Å². The summed E-state index contributed by atoms with van der Waals surface area (Å²) in [6.07, 6.45) is 11.0. The van der Waals surface area contributed by atoms with Crippen molar-refractivity contribution in [2.24, 2.45) is 0 Å². The average Bonchev–Trinajstić information content (AvgIpc) is 3.02. The smallest absolute Gasteiger partial charge is 0.0951 e. The molecule has 0 aromatic carbocycles. The Morgan fingerprint density at radius 2 is 2.11 bits per heavy atom. The Balaban J connectivity index is 1.50. The quantitative estimate of drug-likeness (QED) is 0.899. The van der Waals surface area contributed by atoms with Crippen molar-refractivity contribution in [3.05, 3.63) is 18.2 Å². The minimum atomic E-state index is 0.667. The van der Waals surface area contributed by atoms with Crippen LogP contribution >= 0.6 is 0 Å². The van der Waals surface area contributed by atoms with E-state index >= 15 is 0 Å². The molecule has 4 nitrogen and oxygen atoms in total. The highest BCUT2D eigenvalue weighted by atomic mass is 15.2. The third kappa shape index (κ3) is 2.32. The minimum Gasteiger partial charge on any atom is -0.330 e. The fourth-order valence-corrected chi connectivity index (χ4v) is 3.81. The van der Waals surface area contributed by atoms with Gasteiger partial charge in [-0.3, -0.25) is 4.90 Å². The van der Waals surface area contributed by atoms with Gasteiger partial charge < -0.3 is 9.88 Å². The number of hydrogen-bond acceptors (Lipinski definition) is 3. The van der Waals surface area contributed by atoms with E-state index in [0.29, 0.717) is 12.0 Å². The molecule has 0 radical (unpaired) electrons. The second-order valence-corrected chi connectivity index (χ2v) is 6.44. The van der Waals surface area contributed by atoms with Crippen LogP contribution in [0.2, 0.25) is 0 Å². The minimum absolute atomic E-state index is 0.667. The molecule has 2 aliphatic heterocycles. The molecule has 0 spiro atoms. The Morgan fingerprint density at radius 1 is 1.16 bits per heavy atom. The molecule has 0 bridgehead atoms. The van der Waals surface area contributed by atoms with Gasteiger partial charge in [-0.05, 0) is 38.6 Å². The van der Waals surface area contributed by atoms with Crippen molar-refractivity contribution >= 4 is 0 Å². The number of likely N-dealkylation sites (tertiary alicyclic amines) is 1. The van der Waals surface area contributed by atoms with Gasteiger partial charge in [0.05, 0.1) is 6.33 Å². The third-order valence-electron chi connectivity index (χ3n) is 5.06. The van der Waals surface area contributed by atoms with Gasteiger partial charge in [0.25, 0.3) is 0 Å². The van der Waals surface area contributed by atoms with Crippen LogP contribution < -0.4 is 5.32 Å². The number of piperidine rings is 1. The number of nitrogens with one attached hydrogen (secondary N) is 1. The molecule has 1 aromatic heterocycles. The van der Waals surface area contributed by atoms with Crippen LogP contribution in [0.15, 0.2) is 12.5 Å². The van der Waals surface area contributed by atoms with Crippen LogP contribution in [-0.2, 0) is 0 Å². The van der Waals surface area contributed by atoms with Crippen molar-refractivity contribution in [1.29, 1.82) is 0 Å². The molecule has 3 fully saturated rings. The third-order valence-corrected chi connectivity index (χ3v) is 5.06. The summed E-state index contributed by atoms with van der Waals surface area (Å²) in [6.45, 7) is 4.85. The molecule has 3 aliphatic rings. The highest BCUT2D eigenvalue weighted by Crippen LogP contribution is 2.35. The van der Waals surface area contributed by atoms with E-state index < -0.39 is 0 Å². The molecule has 1 saturated carbocycles. The highest BCUT2D eigenvalue weighted by Gasteiger charge is 2.35. The Bertz CT molecular complexity index is 431. The van der Waals surface area contributed by atoms with E-state index in [4.69, 9.17) is 0 Å². The number of rotatable bonds is 3. The first-order valence-corrected chi connectivity index (χ1v) is 7.88.